The lowest BCUT2D eigenvalue weighted by Crippen LogP contribution is -2.41. The number of hydrogen-bond acceptors (Lipinski definition) is 5. The van der Waals surface area contributed by atoms with Crippen LogP contribution in [0.3, 0.4) is 0 Å². The molecule has 0 bridgehead atoms. The summed E-state index contributed by atoms with van der Waals surface area (Å²) in [6.45, 7) is 4.68. The minimum absolute atomic E-state index is 0.0595. The number of anilines is 1. The zero-order chi connectivity index (χ0) is 21.0. The molecule has 7 nitrogen and oxygen atoms in total. The first-order valence-corrected chi connectivity index (χ1v) is 11.8. The molecule has 30 heavy (non-hydrogen) atoms. The number of rotatable bonds is 6. The fraction of sp³-hybridized carbons (Fsp3) is 0.409. The molecule has 2 aliphatic rings. The molecule has 0 saturated carbocycles. The van der Waals surface area contributed by atoms with Crippen LogP contribution >= 0.6 is 0 Å². The van der Waals surface area contributed by atoms with Crippen molar-refractivity contribution in [2.45, 2.75) is 17.7 Å². The third-order valence-electron chi connectivity index (χ3n) is 5.57. The second-order valence-electron chi connectivity index (χ2n) is 7.57. The molecule has 2 aliphatic heterocycles. The zero-order valence-electron chi connectivity index (χ0n) is 16.9. The number of carbonyl (C=O) groups is 1. The Hall–Kier alpha value is -2.26. The number of amides is 1. The van der Waals surface area contributed by atoms with Crippen LogP contribution in [0, 0.1) is 0 Å². The summed E-state index contributed by atoms with van der Waals surface area (Å²) >= 11 is 0. The molecule has 0 unspecified atom stereocenters. The van der Waals surface area contributed by atoms with Gasteiger partial charge in [-0.15, -0.1) is 0 Å². The highest BCUT2D eigenvalue weighted by atomic mass is 32.2. The third-order valence-corrected chi connectivity index (χ3v) is 7.03. The summed E-state index contributed by atoms with van der Waals surface area (Å²) in [6, 6.07) is 14.2. The smallest absolute Gasteiger partial charge is 0.258 e. The summed E-state index contributed by atoms with van der Waals surface area (Å²) in [7, 11) is -3.60. The first-order valence-electron chi connectivity index (χ1n) is 10.3. The number of benzene rings is 2. The van der Waals surface area contributed by atoms with E-state index in [1.54, 1.807) is 35.2 Å². The monoisotopic (exact) mass is 429 g/mol. The molecule has 1 saturated heterocycles. The second-order valence-corrected chi connectivity index (χ2v) is 9.34. The van der Waals surface area contributed by atoms with Crippen LogP contribution in [0.25, 0.3) is 0 Å². The molecule has 0 radical (unpaired) electrons. The number of carbonyl (C=O) groups excluding carboxylic acids is 1. The normalized spacial score (nSPS) is 17.5. The van der Waals surface area contributed by atoms with Gasteiger partial charge in [-0.3, -0.25) is 9.69 Å². The summed E-state index contributed by atoms with van der Waals surface area (Å²) < 4.78 is 33.5. The Morgan fingerprint density at radius 3 is 2.57 bits per heavy atom. The van der Waals surface area contributed by atoms with E-state index in [0.717, 1.165) is 37.2 Å². The van der Waals surface area contributed by atoms with Crippen LogP contribution in [0.2, 0.25) is 0 Å². The molecule has 4 rings (SSSR count). The van der Waals surface area contributed by atoms with Crippen molar-refractivity contribution in [3.05, 3.63) is 59.7 Å². The molecule has 160 valence electrons. The average Bonchev–Trinajstić information content (AvgIpc) is 2.79. The van der Waals surface area contributed by atoms with Gasteiger partial charge < -0.3 is 9.64 Å². The standard InChI is InChI=1S/C22H27N3O4S/c26-22(18-5-2-1-3-6-18)25-11-4-7-19-17-20(8-9-21(19)25)30(27,28)23-10-12-24-13-15-29-16-14-24/h1-3,5-6,8-9,17,23H,4,7,10-16H2. The predicted octanol–water partition coefficient (Wildman–Crippen LogP) is 1.89. The molecule has 0 aromatic heterocycles. The van der Waals surface area contributed by atoms with E-state index in [-0.39, 0.29) is 10.8 Å². The highest BCUT2D eigenvalue weighted by molar-refractivity contribution is 7.89. The van der Waals surface area contributed by atoms with Crippen LogP contribution in [0.5, 0.6) is 0 Å². The minimum atomic E-state index is -3.60. The van der Waals surface area contributed by atoms with Gasteiger partial charge >= 0.3 is 0 Å². The van der Waals surface area contributed by atoms with Crippen LogP contribution in [0.4, 0.5) is 5.69 Å². The second kappa shape index (κ2) is 9.26. The number of fused-ring (bicyclic) bond motifs is 1. The summed E-state index contributed by atoms with van der Waals surface area (Å²) in [6.07, 6.45) is 1.56. The van der Waals surface area contributed by atoms with Crippen LogP contribution < -0.4 is 9.62 Å². The topological polar surface area (TPSA) is 79.0 Å². The SMILES string of the molecule is O=C(c1ccccc1)N1CCCc2cc(S(=O)(=O)NCCN3CCOCC3)ccc21. The van der Waals surface area contributed by atoms with Crippen LogP contribution in [0.15, 0.2) is 53.4 Å². The van der Waals surface area contributed by atoms with Gasteiger partial charge in [0.15, 0.2) is 0 Å². The molecule has 1 N–H and O–H groups in total. The Bertz CT molecular complexity index is 989. The Morgan fingerprint density at radius 1 is 1.03 bits per heavy atom. The minimum Gasteiger partial charge on any atom is -0.379 e. The Kier molecular flexibility index (Phi) is 6.48. The number of morpholine rings is 1. The average molecular weight is 430 g/mol. The van der Waals surface area contributed by atoms with Crippen molar-refractivity contribution >= 4 is 21.6 Å². The van der Waals surface area contributed by atoms with Gasteiger partial charge in [-0.25, -0.2) is 13.1 Å². The molecule has 8 heteroatoms. The Balaban J connectivity index is 1.46. The summed E-state index contributed by atoms with van der Waals surface area (Å²) in [5, 5.41) is 0. The molecule has 2 aromatic rings. The van der Waals surface area contributed by atoms with E-state index in [1.807, 2.05) is 18.2 Å². The van der Waals surface area contributed by atoms with Crippen molar-refractivity contribution in [1.82, 2.24) is 9.62 Å². The molecule has 0 aliphatic carbocycles. The molecule has 2 aromatic carbocycles. The van der Waals surface area contributed by atoms with Crippen LogP contribution in [0.1, 0.15) is 22.3 Å². The lowest BCUT2D eigenvalue weighted by Gasteiger charge is -2.30. The predicted molar refractivity (Wildman–Crippen MR) is 115 cm³/mol. The molecule has 0 atom stereocenters. The number of aryl methyl sites for hydroxylation is 1. The largest absolute Gasteiger partial charge is 0.379 e. The van der Waals surface area contributed by atoms with Gasteiger partial charge in [0, 0.05) is 44.0 Å². The molecule has 1 amide bonds. The van der Waals surface area contributed by atoms with Crippen LogP contribution in [-0.4, -0.2) is 65.2 Å². The number of nitrogens with zero attached hydrogens (tertiary/aromatic N) is 2. The van der Waals surface area contributed by atoms with E-state index in [9.17, 15) is 13.2 Å². The summed E-state index contributed by atoms with van der Waals surface area (Å²) in [4.78, 5) is 17.1. The Morgan fingerprint density at radius 2 is 1.80 bits per heavy atom. The Labute approximate surface area is 177 Å². The highest BCUT2D eigenvalue weighted by Crippen LogP contribution is 2.30. The number of ether oxygens (including phenoxy) is 1. The van der Waals surface area contributed by atoms with E-state index >= 15 is 0 Å². The van der Waals surface area contributed by atoms with E-state index in [2.05, 4.69) is 9.62 Å². The lowest BCUT2D eigenvalue weighted by molar-refractivity contribution is 0.0390. The van der Waals surface area contributed by atoms with Gasteiger partial charge in [-0.1, -0.05) is 18.2 Å². The van der Waals surface area contributed by atoms with E-state index in [0.29, 0.717) is 38.4 Å². The highest BCUT2D eigenvalue weighted by Gasteiger charge is 2.25. The van der Waals surface area contributed by atoms with E-state index in [1.165, 1.54) is 0 Å². The maximum atomic E-state index is 12.9. The van der Waals surface area contributed by atoms with Crippen molar-refractivity contribution in [2.24, 2.45) is 0 Å². The number of sulfonamides is 1. The van der Waals surface area contributed by atoms with Gasteiger partial charge in [0.05, 0.1) is 18.1 Å². The van der Waals surface area contributed by atoms with Gasteiger partial charge in [0.1, 0.15) is 0 Å². The van der Waals surface area contributed by atoms with E-state index in [4.69, 9.17) is 4.74 Å². The molecular weight excluding hydrogens is 402 g/mol. The molecule has 2 heterocycles. The van der Waals surface area contributed by atoms with Gasteiger partial charge in [-0.2, -0.15) is 0 Å². The maximum absolute atomic E-state index is 12.9. The quantitative estimate of drug-likeness (QED) is 0.759. The lowest BCUT2D eigenvalue weighted by atomic mass is 10.0. The van der Waals surface area contributed by atoms with Gasteiger partial charge in [0.25, 0.3) is 5.91 Å². The van der Waals surface area contributed by atoms with Crippen molar-refractivity contribution in [2.75, 3.05) is 50.8 Å². The van der Waals surface area contributed by atoms with Crippen molar-refractivity contribution in [3.63, 3.8) is 0 Å². The zero-order valence-corrected chi connectivity index (χ0v) is 17.7. The summed E-state index contributed by atoms with van der Waals surface area (Å²) in [5.41, 5.74) is 2.32. The summed E-state index contributed by atoms with van der Waals surface area (Å²) in [5.74, 6) is -0.0595. The van der Waals surface area contributed by atoms with E-state index < -0.39 is 10.0 Å². The first kappa shape index (κ1) is 21.0. The number of nitrogens with one attached hydrogen (secondary N) is 1. The molecular formula is C22H27N3O4S. The third kappa shape index (κ3) is 4.73. The van der Waals surface area contributed by atoms with Crippen LogP contribution in [-0.2, 0) is 21.2 Å². The fourth-order valence-corrected chi connectivity index (χ4v) is 5.01. The van der Waals surface area contributed by atoms with Gasteiger partial charge in [0.2, 0.25) is 10.0 Å². The van der Waals surface area contributed by atoms with Crippen molar-refractivity contribution in [1.29, 1.82) is 0 Å². The van der Waals surface area contributed by atoms with Crippen molar-refractivity contribution in [3.8, 4) is 0 Å². The molecule has 0 spiro atoms. The maximum Gasteiger partial charge on any atom is 0.258 e. The first-order chi connectivity index (χ1) is 14.5. The van der Waals surface area contributed by atoms with Crippen molar-refractivity contribution < 1.29 is 17.9 Å². The fourth-order valence-electron chi connectivity index (χ4n) is 3.93. The number of hydrogen-bond donors (Lipinski definition) is 1. The molecule has 1 fully saturated rings. The van der Waals surface area contributed by atoms with Gasteiger partial charge in [-0.05, 0) is 48.7 Å².